The number of hydrogen-bond donors (Lipinski definition) is 0. The maximum Gasteiger partial charge on any atom is 0.0974 e. The molecule has 0 saturated heterocycles. The average Bonchev–Trinajstić information content (AvgIpc) is 3.08. The van der Waals surface area contributed by atoms with Gasteiger partial charge in [0.15, 0.2) is 0 Å². The predicted octanol–water partition coefficient (Wildman–Crippen LogP) is 11.0. The van der Waals surface area contributed by atoms with E-state index in [1.54, 1.807) is 0 Å². The normalized spacial score (nSPS) is 12.8. The lowest BCUT2D eigenvalue weighted by atomic mass is 9.90. The van der Waals surface area contributed by atoms with Crippen LogP contribution in [0.25, 0.3) is 44.1 Å². The molecule has 44 heavy (non-hydrogen) atoms. The van der Waals surface area contributed by atoms with E-state index in [9.17, 15) is 0 Å². The molecule has 2 heteroatoms. The van der Waals surface area contributed by atoms with E-state index in [1.807, 2.05) is 0 Å². The zero-order chi connectivity index (χ0) is 30.2. The number of hydrogen-bond acceptors (Lipinski definition) is 2. The standard InChI is InChI=1S/C42H36N2/c1-27-15-19-31(20-16-27)29(3)39-25-37(33-11-7-5-8-12-33)35-23-24-36-38(34-13-9-6-10-14-34)26-40(44-42(36)41(35)43-39)30(4)32-21-17-28(2)18-22-32/h5-26,29-30H,1-4H3. The van der Waals surface area contributed by atoms with Crippen LogP contribution in [0.1, 0.15) is 59.3 Å². The van der Waals surface area contributed by atoms with Gasteiger partial charge in [-0.1, -0.05) is 146 Å². The van der Waals surface area contributed by atoms with Gasteiger partial charge in [-0.15, -0.1) is 0 Å². The lowest BCUT2D eigenvalue weighted by Crippen LogP contribution is -2.04. The molecule has 0 spiro atoms. The van der Waals surface area contributed by atoms with Crippen LogP contribution in [-0.4, -0.2) is 9.97 Å². The average molecular weight is 569 g/mol. The highest BCUT2D eigenvalue weighted by Gasteiger charge is 2.20. The van der Waals surface area contributed by atoms with E-state index >= 15 is 0 Å². The van der Waals surface area contributed by atoms with Gasteiger partial charge >= 0.3 is 0 Å². The minimum Gasteiger partial charge on any atom is -0.250 e. The fraction of sp³-hybridized carbons (Fsp3) is 0.143. The molecule has 2 unspecified atom stereocenters. The zero-order valence-electron chi connectivity index (χ0n) is 25.8. The van der Waals surface area contributed by atoms with Gasteiger partial charge in [-0.2, -0.15) is 0 Å². The van der Waals surface area contributed by atoms with Crippen LogP contribution in [0.3, 0.4) is 0 Å². The molecule has 0 bridgehead atoms. The molecule has 0 N–H and O–H groups in total. The van der Waals surface area contributed by atoms with Crippen LogP contribution in [0.4, 0.5) is 0 Å². The summed E-state index contributed by atoms with van der Waals surface area (Å²) in [7, 11) is 0. The van der Waals surface area contributed by atoms with E-state index < -0.39 is 0 Å². The van der Waals surface area contributed by atoms with E-state index in [0.717, 1.165) is 33.2 Å². The van der Waals surface area contributed by atoms with Gasteiger partial charge in [0.05, 0.1) is 11.0 Å². The molecular weight excluding hydrogens is 532 g/mol. The Kier molecular flexibility index (Phi) is 7.28. The Morgan fingerprint density at radius 1 is 0.432 bits per heavy atom. The SMILES string of the molecule is Cc1ccc(C(C)c2cc(-c3ccccc3)c3ccc4c(-c5ccccc5)cc(C(C)c5ccc(C)cc5)nc4c3n2)cc1. The number of fused-ring (bicyclic) bond motifs is 3. The molecule has 2 heterocycles. The quantitative estimate of drug-likeness (QED) is 0.186. The van der Waals surface area contributed by atoms with E-state index in [4.69, 9.17) is 9.97 Å². The fourth-order valence-electron chi connectivity index (χ4n) is 6.22. The smallest absolute Gasteiger partial charge is 0.0974 e. The third-order valence-corrected chi connectivity index (χ3v) is 9.01. The number of aryl methyl sites for hydroxylation is 2. The molecule has 0 aliphatic heterocycles. The van der Waals surface area contributed by atoms with Gasteiger partial charge < -0.3 is 0 Å². The Balaban J connectivity index is 1.54. The van der Waals surface area contributed by atoms with E-state index in [2.05, 4.69) is 161 Å². The Morgan fingerprint density at radius 3 is 1.16 bits per heavy atom. The van der Waals surface area contributed by atoms with Crippen LogP contribution in [0.15, 0.2) is 133 Å². The molecule has 214 valence electrons. The zero-order valence-corrected chi connectivity index (χ0v) is 25.8. The summed E-state index contributed by atoms with van der Waals surface area (Å²) < 4.78 is 0. The Morgan fingerprint density at radius 2 is 0.795 bits per heavy atom. The van der Waals surface area contributed by atoms with Crippen molar-refractivity contribution in [2.75, 3.05) is 0 Å². The summed E-state index contributed by atoms with van der Waals surface area (Å²) in [4.78, 5) is 10.9. The minimum atomic E-state index is 0.126. The summed E-state index contributed by atoms with van der Waals surface area (Å²) in [5.74, 6) is 0.252. The number of pyridine rings is 2. The molecule has 7 rings (SSSR count). The van der Waals surface area contributed by atoms with E-state index in [0.29, 0.717) is 0 Å². The Bertz CT molecular complexity index is 1920. The van der Waals surface area contributed by atoms with Crippen LogP contribution < -0.4 is 0 Å². The minimum absolute atomic E-state index is 0.126. The monoisotopic (exact) mass is 568 g/mol. The van der Waals surface area contributed by atoms with Gasteiger partial charge in [-0.05, 0) is 59.4 Å². The molecule has 5 aromatic carbocycles. The van der Waals surface area contributed by atoms with Gasteiger partial charge in [0.25, 0.3) is 0 Å². The highest BCUT2D eigenvalue weighted by molar-refractivity contribution is 6.12. The maximum absolute atomic E-state index is 5.45. The summed E-state index contributed by atoms with van der Waals surface area (Å²) in [6, 6.07) is 48.1. The Labute approximate surface area is 260 Å². The summed E-state index contributed by atoms with van der Waals surface area (Å²) in [6.45, 7) is 8.78. The van der Waals surface area contributed by atoms with Crippen molar-refractivity contribution in [2.45, 2.75) is 39.5 Å². The van der Waals surface area contributed by atoms with E-state index in [-0.39, 0.29) is 11.8 Å². The number of aromatic nitrogens is 2. The molecule has 2 nitrogen and oxygen atoms in total. The first-order valence-corrected chi connectivity index (χ1v) is 15.5. The third-order valence-electron chi connectivity index (χ3n) is 9.01. The third kappa shape index (κ3) is 5.18. The van der Waals surface area contributed by atoms with Crippen molar-refractivity contribution in [3.8, 4) is 22.3 Å². The number of nitrogens with zero attached hydrogens (tertiary/aromatic N) is 2. The van der Waals surface area contributed by atoms with Crippen molar-refractivity contribution in [3.05, 3.63) is 167 Å². The summed E-state index contributed by atoms with van der Waals surface area (Å²) in [5.41, 5.74) is 13.8. The molecule has 0 aliphatic rings. The summed E-state index contributed by atoms with van der Waals surface area (Å²) >= 11 is 0. The van der Waals surface area contributed by atoms with Crippen LogP contribution in [0.2, 0.25) is 0 Å². The first-order valence-electron chi connectivity index (χ1n) is 15.5. The highest BCUT2D eigenvalue weighted by atomic mass is 14.8. The van der Waals surface area contributed by atoms with Gasteiger partial charge in [-0.3, -0.25) is 0 Å². The largest absolute Gasteiger partial charge is 0.250 e. The molecular formula is C42H36N2. The molecule has 0 amide bonds. The van der Waals surface area contributed by atoms with Crippen molar-refractivity contribution >= 4 is 21.8 Å². The topological polar surface area (TPSA) is 25.8 Å². The van der Waals surface area contributed by atoms with Gasteiger partial charge in [0.2, 0.25) is 0 Å². The molecule has 0 radical (unpaired) electrons. The van der Waals surface area contributed by atoms with Crippen LogP contribution >= 0.6 is 0 Å². The van der Waals surface area contributed by atoms with Crippen molar-refractivity contribution in [3.63, 3.8) is 0 Å². The second-order valence-electron chi connectivity index (χ2n) is 12.0. The summed E-state index contributed by atoms with van der Waals surface area (Å²) in [5, 5.41) is 2.24. The van der Waals surface area contributed by atoms with Crippen molar-refractivity contribution in [1.29, 1.82) is 0 Å². The molecule has 0 aliphatic carbocycles. The second-order valence-corrected chi connectivity index (χ2v) is 12.0. The second kappa shape index (κ2) is 11.5. The first kappa shape index (κ1) is 27.7. The Hall–Kier alpha value is -5.08. The molecule has 7 aromatic rings. The lowest BCUT2D eigenvalue weighted by Gasteiger charge is -2.19. The first-order chi connectivity index (χ1) is 21.5. The lowest BCUT2D eigenvalue weighted by molar-refractivity contribution is 0.875. The fourth-order valence-corrected chi connectivity index (χ4v) is 6.22. The molecule has 2 atom stereocenters. The highest BCUT2D eigenvalue weighted by Crippen LogP contribution is 2.39. The molecule has 0 fully saturated rings. The van der Waals surface area contributed by atoms with Crippen LogP contribution in [0.5, 0.6) is 0 Å². The predicted molar refractivity (Wildman–Crippen MR) is 185 cm³/mol. The van der Waals surface area contributed by atoms with E-state index in [1.165, 1.54) is 44.5 Å². The van der Waals surface area contributed by atoms with Gasteiger partial charge in [0, 0.05) is 34.0 Å². The number of benzene rings is 5. The van der Waals surface area contributed by atoms with Crippen molar-refractivity contribution < 1.29 is 0 Å². The molecule has 2 aromatic heterocycles. The van der Waals surface area contributed by atoms with Crippen LogP contribution in [0, 0.1) is 13.8 Å². The van der Waals surface area contributed by atoms with Gasteiger partial charge in [-0.25, -0.2) is 9.97 Å². The number of rotatable bonds is 6. The maximum atomic E-state index is 5.45. The van der Waals surface area contributed by atoms with Gasteiger partial charge in [0.1, 0.15) is 0 Å². The molecule has 0 saturated carbocycles. The van der Waals surface area contributed by atoms with Crippen molar-refractivity contribution in [1.82, 2.24) is 9.97 Å². The summed E-state index contributed by atoms with van der Waals surface area (Å²) in [6.07, 6.45) is 0. The van der Waals surface area contributed by atoms with Crippen LogP contribution in [-0.2, 0) is 0 Å². The van der Waals surface area contributed by atoms with Crippen molar-refractivity contribution in [2.24, 2.45) is 0 Å².